The lowest BCUT2D eigenvalue weighted by Gasteiger charge is -2.57. The van der Waals surface area contributed by atoms with E-state index in [0.717, 1.165) is 31.8 Å². The van der Waals surface area contributed by atoms with Gasteiger partial charge in [-0.15, -0.1) is 0 Å². The highest BCUT2D eigenvalue weighted by Gasteiger charge is 2.51. The van der Waals surface area contributed by atoms with E-state index in [1.54, 1.807) is 12.1 Å². The number of halogens is 3. The van der Waals surface area contributed by atoms with E-state index < -0.39 is 17.8 Å². The normalized spacial score (nSPS) is 27.1. The Labute approximate surface area is 281 Å². The van der Waals surface area contributed by atoms with Crippen LogP contribution in [0.1, 0.15) is 55.2 Å². The third-order valence-corrected chi connectivity index (χ3v) is 11.4. The smallest absolute Gasteiger partial charge is 0.335 e. The minimum absolute atomic E-state index is 0.115. The summed E-state index contributed by atoms with van der Waals surface area (Å²) in [5.41, 5.74) is 3.51. The van der Waals surface area contributed by atoms with Crippen LogP contribution in [0.2, 0.25) is 0 Å². The van der Waals surface area contributed by atoms with Crippen molar-refractivity contribution in [3.05, 3.63) is 95.4 Å². The maximum absolute atomic E-state index is 13.6. The van der Waals surface area contributed by atoms with Gasteiger partial charge in [-0.25, -0.2) is 9.69 Å². The molecule has 4 amide bonds. The Morgan fingerprint density at radius 1 is 0.884 bits per heavy atom. The minimum atomic E-state index is -0.739. The highest BCUT2D eigenvalue weighted by atomic mass is 127. The van der Waals surface area contributed by atoms with Gasteiger partial charge >= 0.3 is 6.03 Å². The number of hydrogen-bond donors (Lipinski definition) is 1. The molecule has 4 saturated carbocycles. The van der Waals surface area contributed by atoms with Crippen LogP contribution in [0, 0.1) is 21.3 Å². The van der Waals surface area contributed by atoms with Gasteiger partial charge in [-0.05, 0) is 175 Å². The Morgan fingerprint density at radius 2 is 1.47 bits per heavy atom. The molecule has 3 aromatic rings. The number of benzene rings is 3. The Morgan fingerprint density at radius 3 is 2.05 bits per heavy atom. The van der Waals surface area contributed by atoms with Crippen LogP contribution in [-0.2, 0) is 21.6 Å². The molecule has 0 aromatic heterocycles. The van der Waals surface area contributed by atoms with Crippen molar-refractivity contribution in [3.8, 4) is 5.75 Å². The first kappa shape index (κ1) is 29.2. The molecular weight excluding hydrogens is 787 g/mol. The number of amides is 4. The van der Waals surface area contributed by atoms with E-state index in [4.69, 9.17) is 4.74 Å². The molecule has 220 valence electrons. The molecule has 1 N–H and O–H groups in total. The summed E-state index contributed by atoms with van der Waals surface area (Å²) in [6.07, 6.45) is 9.34. The maximum atomic E-state index is 13.6. The zero-order chi connectivity index (χ0) is 29.9. The first-order valence-corrected chi connectivity index (χ1v) is 17.2. The van der Waals surface area contributed by atoms with E-state index in [2.05, 4.69) is 71.9 Å². The van der Waals surface area contributed by atoms with Crippen molar-refractivity contribution in [3.63, 3.8) is 0 Å². The van der Waals surface area contributed by atoms with Gasteiger partial charge in [0.05, 0.1) is 14.6 Å². The van der Waals surface area contributed by atoms with Gasteiger partial charge in [-0.2, -0.15) is 0 Å². The number of barbiturate groups is 1. The summed E-state index contributed by atoms with van der Waals surface area (Å²) in [5, 5.41) is 2.35. The van der Waals surface area contributed by atoms with Crippen molar-refractivity contribution < 1.29 is 19.1 Å². The molecule has 1 aliphatic heterocycles. The predicted octanol–water partition coefficient (Wildman–Crippen LogP) is 8.53. The number of nitrogens with one attached hydrogen (secondary N) is 1. The van der Waals surface area contributed by atoms with Crippen LogP contribution in [0.15, 0.2) is 75.2 Å². The Bertz CT molecular complexity index is 1610. The predicted molar refractivity (Wildman–Crippen MR) is 181 cm³/mol. The number of urea groups is 1. The number of anilines is 1. The molecule has 3 aromatic carbocycles. The summed E-state index contributed by atoms with van der Waals surface area (Å²) in [5.74, 6) is 1.72. The van der Waals surface area contributed by atoms with Gasteiger partial charge in [0, 0.05) is 3.57 Å². The Hall–Kier alpha value is -2.50. The van der Waals surface area contributed by atoms with Gasteiger partial charge in [0.1, 0.15) is 17.9 Å². The number of carbonyl (C=O) groups is 3. The van der Waals surface area contributed by atoms with E-state index in [0.29, 0.717) is 32.6 Å². The van der Waals surface area contributed by atoms with Crippen LogP contribution in [0.3, 0.4) is 0 Å². The minimum Gasteiger partial charge on any atom is -0.487 e. The lowest BCUT2D eigenvalue weighted by atomic mass is 9.48. The number of rotatable bonds is 6. The summed E-state index contributed by atoms with van der Waals surface area (Å²) >= 11 is 9.39. The van der Waals surface area contributed by atoms with E-state index in [-0.39, 0.29) is 11.0 Å². The molecule has 1 saturated heterocycles. The summed E-state index contributed by atoms with van der Waals surface area (Å²) in [4.78, 5) is 40.4. The highest BCUT2D eigenvalue weighted by Crippen LogP contribution is 2.60. The van der Waals surface area contributed by atoms with Crippen molar-refractivity contribution in [2.75, 3.05) is 4.90 Å². The molecule has 8 rings (SSSR count). The van der Waals surface area contributed by atoms with E-state index in [1.165, 1.54) is 50.2 Å². The highest BCUT2D eigenvalue weighted by molar-refractivity contribution is 14.1. The van der Waals surface area contributed by atoms with E-state index >= 15 is 0 Å². The van der Waals surface area contributed by atoms with Crippen LogP contribution in [0.25, 0.3) is 6.08 Å². The molecule has 5 fully saturated rings. The average Bonchev–Trinajstić information content (AvgIpc) is 2.95. The molecule has 4 aliphatic carbocycles. The second kappa shape index (κ2) is 11.5. The lowest BCUT2D eigenvalue weighted by molar-refractivity contribution is -0.122. The second-order valence-electron chi connectivity index (χ2n) is 12.4. The summed E-state index contributed by atoms with van der Waals surface area (Å²) in [6.45, 7) is 0.383. The largest absolute Gasteiger partial charge is 0.487 e. The standard InChI is InChI=1S/C34H29Br2IN2O4/c35-28-13-20(14-29(36)30(28)43-18-19-1-5-25(37)6-2-19)12-27-31(40)38-33(42)39(32(27)41)26-7-3-24(4-8-26)34-15-21-9-22(16-34)11-23(10-21)17-34/h1-8,12-14,21-23H,9-11,15-18H2,(H,38,40,42)/b27-12+. The van der Waals surface area contributed by atoms with Crippen LogP contribution in [0.4, 0.5) is 10.5 Å². The van der Waals surface area contributed by atoms with Crippen molar-refractivity contribution in [1.29, 1.82) is 0 Å². The number of nitrogens with zero attached hydrogens (tertiary/aromatic N) is 1. The number of imide groups is 2. The number of ether oxygens (including phenoxy) is 1. The fourth-order valence-corrected chi connectivity index (χ4v) is 9.83. The third kappa shape index (κ3) is 5.61. The van der Waals surface area contributed by atoms with Crippen molar-refractivity contribution in [2.45, 2.75) is 50.5 Å². The molecule has 4 bridgehead atoms. The molecule has 43 heavy (non-hydrogen) atoms. The molecule has 6 nitrogen and oxygen atoms in total. The first-order valence-electron chi connectivity index (χ1n) is 14.6. The quantitative estimate of drug-likeness (QED) is 0.154. The Balaban J connectivity index is 1.11. The van der Waals surface area contributed by atoms with Crippen LogP contribution in [0.5, 0.6) is 5.75 Å². The molecule has 0 spiro atoms. The molecule has 0 radical (unpaired) electrons. The van der Waals surface area contributed by atoms with Gasteiger partial charge in [-0.3, -0.25) is 14.9 Å². The molecule has 5 aliphatic rings. The molecule has 0 unspecified atom stereocenters. The molecule has 1 heterocycles. The van der Waals surface area contributed by atoms with Crippen molar-refractivity contribution in [2.24, 2.45) is 17.8 Å². The van der Waals surface area contributed by atoms with Gasteiger partial charge in [0.15, 0.2) is 0 Å². The van der Waals surface area contributed by atoms with Crippen molar-refractivity contribution >= 4 is 84.1 Å². The fourth-order valence-electron chi connectivity index (χ4n) is 8.02. The zero-order valence-corrected chi connectivity index (χ0v) is 28.6. The molecular formula is C34H29Br2IN2O4. The average molecular weight is 816 g/mol. The number of carbonyl (C=O) groups excluding carboxylic acids is 3. The number of hydrogen-bond acceptors (Lipinski definition) is 4. The van der Waals surface area contributed by atoms with Crippen LogP contribution < -0.4 is 15.0 Å². The lowest BCUT2D eigenvalue weighted by Crippen LogP contribution is -2.54. The maximum Gasteiger partial charge on any atom is 0.335 e. The van der Waals surface area contributed by atoms with Gasteiger partial charge < -0.3 is 4.74 Å². The monoisotopic (exact) mass is 814 g/mol. The van der Waals surface area contributed by atoms with Crippen molar-refractivity contribution in [1.82, 2.24) is 5.32 Å². The van der Waals surface area contributed by atoms with E-state index in [9.17, 15) is 14.4 Å². The van der Waals surface area contributed by atoms with Gasteiger partial charge in [0.25, 0.3) is 11.8 Å². The SMILES string of the molecule is O=C1NC(=O)N(c2ccc(C34CC5CC(CC(C5)C3)C4)cc2)C(=O)/C1=C/c1cc(Br)c(OCc2ccc(I)cc2)c(Br)c1. The topological polar surface area (TPSA) is 75.7 Å². The fraction of sp³-hybridized carbons (Fsp3) is 0.324. The van der Waals surface area contributed by atoms with Crippen LogP contribution in [-0.4, -0.2) is 17.8 Å². The van der Waals surface area contributed by atoms with Crippen LogP contribution >= 0.6 is 54.5 Å². The van der Waals surface area contributed by atoms with Gasteiger partial charge in [0.2, 0.25) is 0 Å². The molecule has 9 heteroatoms. The third-order valence-electron chi connectivity index (χ3n) is 9.51. The van der Waals surface area contributed by atoms with E-state index in [1.807, 2.05) is 36.4 Å². The van der Waals surface area contributed by atoms with Gasteiger partial charge in [-0.1, -0.05) is 24.3 Å². The molecule has 0 atom stereocenters. The Kier molecular flexibility index (Phi) is 7.78. The summed E-state index contributed by atoms with van der Waals surface area (Å²) in [6, 6.07) is 18.8. The summed E-state index contributed by atoms with van der Waals surface area (Å²) < 4.78 is 8.52. The first-order chi connectivity index (χ1) is 20.7. The zero-order valence-electron chi connectivity index (χ0n) is 23.2. The summed E-state index contributed by atoms with van der Waals surface area (Å²) in [7, 11) is 0. The second-order valence-corrected chi connectivity index (χ2v) is 15.4.